The zero-order valence-corrected chi connectivity index (χ0v) is 23.7. The highest BCUT2D eigenvalue weighted by atomic mass is 32.2. The zero-order valence-electron chi connectivity index (χ0n) is 22.9. The van der Waals surface area contributed by atoms with E-state index < -0.39 is 44.2 Å². The highest BCUT2D eigenvalue weighted by Crippen LogP contribution is 2.32. The number of nitrogens with one attached hydrogen (secondary N) is 3. The standard InChI is InChI=1S/C24H33FN4O5S.C2HF3O2/c1-2-34-20-15-29-14-18(20)13-27-23(31)24(9-5-10-26-16-24)8-3-4-11-28-35(32,33)21-12-17(22(29)30)6-7-19(21)25;3-2(4,5)1(6)7/h3-4,6-7,12,18,20,26,28H,2,5,8-11,13-16H2,1H3,(H,27,31);(H,6,7)/b4-3+;/t18-,20-,24?;/m1./s1. The van der Waals surface area contributed by atoms with E-state index in [0.717, 1.165) is 25.1 Å². The number of aliphatic carboxylic acids is 1. The average molecular weight is 623 g/mol. The summed E-state index contributed by atoms with van der Waals surface area (Å²) >= 11 is 0. The predicted molar refractivity (Wildman–Crippen MR) is 141 cm³/mol. The number of fused-ring (bicyclic) bond motifs is 4. The third-order valence-corrected chi connectivity index (χ3v) is 8.74. The second-order valence-corrected chi connectivity index (χ2v) is 11.9. The Morgan fingerprint density at radius 2 is 1.93 bits per heavy atom. The summed E-state index contributed by atoms with van der Waals surface area (Å²) in [6, 6.07) is 3.37. The number of carboxylic acids is 1. The molecule has 1 aromatic rings. The van der Waals surface area contributed by atoms with Gasteiger partial charge in [0.15, 0.2) is 0 Å². The summed E-state index contributed by atoms with van der Waals surface area (Å²) in [5.41, 5.74) is -0.561. The van der Waals surface area contributed by atoms with Crippen molar-refractivity contribution >= 4 is 27.8 Å². The predicted octanol–water partition coefficient (Wildman–Crippen LogP) is 1.66. The molecule has 1 aromatic carbocycles. The van der Waals surface area contributed by atoms with Gasteiger partial charge in [-0.2, -0.15) is 13.2 Å². The number of hydrogen-bond acceptors (Lipinski definition) is 7. The topological polar surface area (TPSA) is 154 Å². The minimum atomic E-state index is -5.08. The van der Waals surface area contributed by atoms with Crippen LogP contribution in [0.4, 0.5) is 17.6 Å². The molecular weight excluding hydrogens is 588 g/mol. The molecule has 4 rings (SSSR count). The molecule has 2 fully saturated rings. The molecule has 0 saturated carbocycles. The van der Waals surface area contributed by atoms with Gasteiger partial charge in [0.25, 0.3) is 5.91 Å². The van der Waals surface area contributed by atoms with Gasteiger partial charge in [-0.15, -0.1) is 0 Å². The van der Waals surface area contributed by atoms with E-state index in [1.54, 1.807) is 17.1 Å². The first-order valence-corrected chi connectivity index (χ1v) is 14.8. The van der Waals surface area contributed by atoms with E-state index in [2.05, 4.69) is 15.4 Å². The van der Waals surface area contributed by atoms with Crippen LogP contribution in [-0.2, 0) is 24.3 Å². The molecular formula is C26H34F4N4O7S. The van der Waals surface area contributed by atoms with E-state index in [9.17, 15) is 35.6 Å². The summed E-state index contributed by atoms with van der Waals surface area (Å²) in [4.78, 5) is 36.5. The van der Waals surface area contributed by atoms with Crippen LogP contribution in [0.3, 0.4) is 0 Å². The molecule has 3 aliphatic rings. The average Bonchev–Trinajstić information content (AvgIpc) is 3.34. The number of rotatable bonds is 2. The third kappa shape index (κ3) is 8.26. The molecule has 0 radical (unpaired) electrons. The highest BCUT2D eigenvalue weighted by Gasteiger charge is 2.41. The van der Waals surface area contributed by atoms with Crippen molar-refractivity contribution in [3.05, 3.63) is 41.7 Å². The molecule has 1 spiro atoms. The molecule has 0 aliphatic carbocycles. The third-order valence-electron chi connectivity index (χ3n) is 7.30. The summed E-state index contributed by atoms with van der Waals surface area (Å²) in [6.45, 7) is 4.65. The summed E-state index contributed by atoms with van der Waals surface area (Å²) in [6.07, 6.45) is 0.0870. The molecule has 4 N–H and O–H groups in total. The van der Waals surface area contributed by atoms with Crippen LogP contribution < -0.4 is 15.4 Å². The van der Waals surface area contributed by atoms with Crippen molar-refractivity contribution in [1.29, 1.82) is 0 Å². The lowest BCUT2D eigenvalue weighted by Crippen LogP contribution is -2.51. The molecule has 4 bridgehead atoms. The molecule has 1 unspecified atom stereocenters. The zero-order chi connectivity index (χ0) is 31.1. The van der Waals surface area contributed by atoms with Gasteiger partial charge in [0, 0.05) is 50.8 Å². The van der Waals surface area contributed by atoms with E-state index in [0.29, 0.717) is 45.6 Å². The summed E-state index contributed by atoms with van der Waals surface area (Å²) in [5.74, 6) is -4.27. The van der Waals surface area contributed by atoms with Crippen molar-refractivity contribution in [3.63, 3.8) is 0 Å². The maximum absolute atomic E-state index is 14.5. The smallest absolute Gasteiger partial charge is 0.475 e. The van der Waals surface area contributed by atoms with Crippen molar-refractivity contribution in [2.45, 2.75) is 43.4 Å². The van der Waals surface area contributed by atoms with Crippen LogP contribution in [0, 0.1) is 17.2 Å². The SMILES string of the molecule is CCO[C@@H]1CN2C[C@H]1CNC(=O)C1(C/C=C/CNS(=O)(=O)c3cc(ccc3F)C2=O)CCCNC1.O=C(O)C(F)(F)F. The fourth-order valence-electron chi connectivity index (χ4n) is 5.10. The lowest BCUT2D eigenvalue weighted by Gasteiger charge is -2.36. The summed E-state index contributed by atoms with van der Waals surface area (Å²) in [5, 5.41) is 13.5. The lowest BCUT2D eigenvalue weighted by atomic mass is 9.76. The van der Waals surface area contributed by atoms with Crippen molar-refractivity contribution in [1.82, 2.24) is 20.3 Å². The number of piperidine rings is 1. The Hall–Kier alpha value is -3.08. The van der Waals surface area contributed by atoms with Gasteiger partial charge in [-0.05, 0) is 50.9 Å². The normalized spacial score (nSPS) is 27.4. The van der Waals surface area contributed by atoms with Gasteiger partial charge in [-0.1, -0.05) is 12.2 Å². The Bertz CT molecular complexity index is 1280. The Morgan fingerprint density at radius 1 is 1.21 bits per heavy atom. The largest absolute Gasteiger partial charge is 0.490 e. The quantitative estimate of drug-likeness (QED) is 0.287. The van der Waals surface area contributed by atoms with E-state index in [1.807, 2.05) is 6.92 Å². The Kier molecular flexibility index (Phi) is 11.1. The van der Waals surface area contributed by atoms with Gasteiger partial charge in [0.2, 0.25) is 15.9 Å². The molecule has 3 aliphatic heterocycles. The number of hydrogen-bond donors (Lipinski definition) is 4. The number of benzene rings is 1. The van der Waals surface area contributed by atoms with Crippen LogP contribution in [0.5, 0.6) is 0 Å². The fraction of sp³-hybridized carbons (Fsp3) is 0.577. The minimum absolute atomic E-state index is 0.0602. The number of alkyl halides is 3. The van der Waals surface area contributed by atoms with Gasteiger partial charge < -0.3 is 25.4 Å². The van der Waals surface area contributed by atoms with Gasteiger partial charge in [-0.3, -0.25) is 9.59 Å². The number of carbonyl (C=O) groups is 3. The molecule has 16 heteroatoms. The number of amides is 2. The second-order valence-electron chi connectivity index (χ2n) is 10.2. The van der Waals surface area contributed by atoms with Gasteiger partial charge >= 0.3 is 12.1 Å². The number of carboxylic acid groups (broad SMARTS) is 1. The monoisotopic (exact) mass is 622 g/mol. The van der Waals surface area contributed by atoms with E-state index in [1.165, 1.54) is 6.07 Å². The molecule has 3 atom stereocenters. The van der Waals surface area contributed by atoms with Gasteiger partial charge in [-0.25, -0.2) is 22.3 Å². The lowest BCUT2D eigenvalue weighted by molar-refractivity contribution is -0.192. The fourth-order valence-corrected chi connectivity index (χ4v) is 6.18. The van der Waals surface area contributed by atoms with Crippen molar-refractivity contribution in [2.75, 3.05) is 45.9 Å². The first-order valence-electron chi connectivity index (χ1n) is 13.3. The van der Waals surface area contributed by atoms with Crippen molar-refractivity contribution in [2.24, 2.45) is 11.3 Å². The number of ether oxygens (including phenoxy) is 1. The Morgan fingerprint density at radius 3 is 2.55 bits per heavy atom. The van der Waals surface area contributed by atoms with Crippen LogP contribution in [0.1, 0.15) is 36.5 Å². The van der Waals surface area contributed by atoms with Crippen molar-refractivity contribution in [3.8, 4) is 0 Å². The molecule has 3 heterocycles. The van der Waals surface area contributed by atoms with Crippen LogP contribution in [0.25, 0.3) is 0 Å². The Balaban J connectivity index is 0.000000616. The van der Waals surface area contributed by atoms with Gasteiger partial charge in [0.05, 0.1) is 11.5 Å². The summed E-state index contributed by atoms with van der Waals surface area (Å²) in [7, 11) is -4.19. The first kappa shape index (κ1) is 33.4. The number of halogens is 4. The molecule has 2 saturated heterocycles. The number of allylic oxidation sites excluding steroid dienone is 1. The first-order chi connectivity index (χ1) is 19.7. The second kappa shape index (κ2) is 13.9. The summed E-state index contributed by atoms with van der Waals surface area (Å²) < 4.78 is 80.0. The van der Waals surface area contributed by atoms with Crippen LogP contribution in [-0.4, -0.2) is 94.4 Å². The van der Waals surface area contributed by atoms with Crippen LogP contribution in [0.2, 0.25) is 0 Å². The number of sulfonamides is 1. The van der Waals surface area contributed by atoms with E-state index in [-0.39, 0.29) is 30.0 Å². The van der Waals surface area contributed by atoms with E-state index in [4.69, 9.17) is 14.6 Å². The van der Waals surface area contributed by atoms with Gasteiger partial charge in [0.1, 0.15) is 10.7 Å². The minimum Gasteiger partial charge on any atom is -0.475 e. The molecule has 0 aromatic heterocycles. The molecule has 11 nitrogen and oxygen atoms in total. The van der Waals surface area contributed by atoms with Crippen LogP contribution >= 0.6 is 0 Å². The molecule has 2 amide bonds. The molecule has 234 valence electrons. The van der Waals surface area contributed by atoms with Crippen LogP contribution in [0.15, 0.2) is 35.2 Å². The molecule has 42 heavy (non-hydrogen) atoms. The number of nitrogens with zero attached hydrogens (tertiary/aromatic N) is 1. The van der Waals surface area contributed by atoms with E-state index >= 15 is 0 Å². The maximum Gasteiger partial charge on any atom is 0.490 e. The Labute approximate surface area is 240 Å². The maximum atomic E-state index is 14.5. The van der Waals surface area contributed by atoms with Crippen molar-refractivity contribution < 1.29 is 50.2 Å². The number of carbonyl (C=O) groups excluding carboxylic acids is 2. The highest BCUT2D eigenvalue weighted by molar-refractivity contribution is 7.89.